The number of carbonyl (C=O) groups excluding carboxylic acids is 1. The highest BCUT2D eigenvalue weighted by Crippen LogP contribution is 2.10. The number of aliphatic hydroxyl groups is 1. The van der Waals surface area contributed by atoms with Crippen molar-refractivity contribution < 1.29 is 9.90 Å². The molecule has 0 aliphatic carbocycles. The van der Waals surface area contributed by atoms with Gasteiger partial charge in [0.15, 0.2) is 0 Å². The van der Waals surface area contributed by atoms with E-state index in [-0.39, 0.29) is 24.1 Å². The fraction of sp³-hybridized carbons (Fsp3) is 0.400. The topological polar surface area (TPSA) is 95.4 Å². The molecule has 7 heteroatoms. The van der Waals surface area contributed by atoms with Crippen LogP contribution in [0.25, 0.3) is 10.8 Å². The number of fused-ring (bicyclic) bond motifs is 1. The van der Waals surface area contributed by atoms with Crippen LogP contribution in [0.2, 0.25) is 0 Å². The molecule has 2 heterocycles. The van der Waals surface area contributed by atoms with E-state index in [4.69, 9.17) is 0 Å². The highest BCUT2D eigenvalue weighted by molar-refractivity contribution is 5.81. The Morgan fingerprint density at radius 3 is 2.50 bits per heavy atom. The van der Waals surface area contributed by atoms with Gasteiger partial charge < -0.3 is 10.0 Å². The van der Waals surface area contributed by atoms with Crippen molar-refractivity contribution in [1.29, 1.82) is 0 Å². The number of aliphatic hydroxyl groups excluding tert-OH is 1. The molecule has 1 saturated heterocycles. The molecule has 2 N–H and O–H groups in total. The Labute approximate surface area is 125 Å². The standard InChI is InChI=1S/C15H17N3O4/c19-10-5-7-17(8-6-10)13(20)9-18-15(22)12-4-2-1-3-11(12)14(21)16-18/h1-4,10,19H,5-9H2,(H,16,21). The highest BCUT2D eigenvalue weighted by Gasteiger charge is 2.22. The third kappa shape index (κ3) is 2.67. The Bertz CT molecular complexity index is 815. The summed E-state index contributed by atoms with van der Waals surface area (Å²) in [4.78, 5) is 38.2. The van der Waals surface area contributed by atoms with E-state index in [0.717, 1.165) is 4.68 Å². The van der Waals surface area contributed by atoms with Crippen LogP contribution in [0.3, 0.4) is 0 Å². The number of piperidine rings is 1. The first kappa shape index (κ1) is 14.5. The fourth-order valence-electron chi connectivity index (χ4n) is 2.71. The Morgan fingerprint density at radius 2 is 1.82 bits per heavy atom. The van der Waals surface area contributed by atoms with E-state index < -0.39 is 5.56 Å². The molecule has 0 unspecified atom stereocenters. The van der Waals surface area contributed by atoms with Crippen LogP contribution in [-0.4, -0.2) is 44.9 Å². The third-order valence-electron chi connectivity index (χ3n) is 3.99. The molecule has 1 aliphatic heterocycles. The predicted octanol–water partition coefficient (Wildman–Crippen LogP) is -0.327. The number of H-pyrrole nitrogens is 1. The van der Waals surface area contributed by atoms with Crippen LogP contribution in [-0.2, 0) is 11.3 Å². The van der Waals surface area contributed by atoms with E-state index in [1.165, 1.54) is 0 Å². The summed E-state index contributed by atoms with van der Waals surface area (Å²) in [5.41, 5.74) is -0.780. The zero-order valence-electron chi connectivity index (χ0n) is 12.0. The van der Waals surface area contributed by atoms with Crippen molar-refractivity contribution >= 4 is 16.7 Å². The first-order valence-electron chi connectivity index (χ1n) is 7.24. The van der Waals surface area contributed by atoms with Gasteiger partial charge in [-0.05, 0) is 25.0 Å². The lowest BCUT2D eigenvalue weighted by Gasteiger charge is -2.29. The highest BCUT2D eigenvalue weighted by atomic mass is 16.3. The van der Waals surface area contributed by atoms with Crippen LogP contribution in [0.4, 0.5) is 0 Å². The van der Waals surface area contributed by atoms with Gasteiger partial charge in [0.2, 0.25) is 5.91 Å². The molecule has 0 spiro atoms. The van der Waals surface area contributed by atoms with Gasteiger partial charge in [0.05, 0.1) is 16.9 Å². The van der Waals surface area contributed by atoms with E-state index in [9.17, 15) is 19.5 Å². The van der Waals surface area contributed by atoms with E-state index in [1.54, 1.807) is 29.2 Å². The van der Waals surface area contributed by atoms with Crippen LogP contribution < -0.4 is 11.1 Å². The molecule has 1 aliphatic rings. The van der Waals surface area contributed by atoms with Gasteiger partial charge in [-0.15, -0.1) is 0 Å². The van der Waals surface area contributed by atoms with Crippen molar-refractivity contribution in [2.45, 2.75) is 25.5 Å². The van der Waals surface area contributed by atoms with Crippen LogP contribution in [0.15, 0.2) is 33.9 Å². The molecule has 0 saturated carbocycles. The summed E-state index contributed by atoms with van der Waals surface area (Å²) in [6.07, 6.45) is 0.705. The number of nitrogens with one attached hydrogen (secondary N) is 1. The molecule has 0 radical (unpaired) electrons. The van der Waals surface area contributed by atoms with Gasteiger partial charge in [0.25, 0.3) is 11.1 Å². The fourth-order valence-corrected chi connectivity index (χ4v) is 2.71. The van der Waals surface area contributed by atoms with Gasteiger partial charge >= 0.3 is 0 Å². The average molecular weight is 303 g/mol. The average Bonchev–Trinajstić information content (AvgIpc) is 2.53. The summed E-state index contributed by atoms with van der Waals surface area (Å²) in [6.45, 7) is 0.730. The lowest BCUT2D eigenvalue weighted by Crippen LogP contribution is -2.43. The van der Waals surface area contributed by atoms with E-state index in [1.807, 2.05) is 0 Å². The molecule has 116 valence electrons. The molecular formula is C15H17N3O4. The van der Waals surface area contributed by atoms with Crippen molar-refractivity contribution in [3.8, 4) is 0 Å². The minimum Gasteiger partial charge on any atom is -0.393 e. The molecule has 0 atom stereocenters. The Kier molecular flexibility index (Phi) is 3.81. The number of rotatable bonds is 2. The summed E-state index contributed by atoms with van der Waals surface area (Å²) >= 11 is 0. The van der Waals surface area contributed by atoms with Crippen LogP contribution >= 0.6 is 0 Å². The van der Waals surface area contributed by atoms with Crippen molar-refractivity contribution in [3.05, 3.63) is 45.0 Å². The maximum atomic E-state index is 12.3. The van der Waals surface area contributed by atoms with Crippen molar-refractivity contribution in [3.63, 3.8) is 0 Å². The Morgan fingerprint density at radius 1 is 1.18 bits per heavy atom. The number of aromatic nitrogens is 2. The van der Waals surface area contributed by atoms with Gasteiger partial charge in [-0.2, -0.15) is 0 Å². The van der Waals surface area contributed by atoms with Crippen LogP contribution in [0.5, 0.6) is 0 Å². The van der Waals surface area contributed by atoms with E-state index in [0.29, 0.717) is 36.7 Å². The predicted molar refractivity (Wildman–Crippen MR) is 80.6 cm³/mol. The molecule has 1 aromatic heterocycles. The maximum absolute atomic E-state index is 12.3. The minimum absolute atomic E-state index is 0.199. The smallest absolute Gasteiger partial charge is 0.273 e. The normalized spacial score (nSPS) is 16.1. The zero-order chi connectivity index (χ0) is 15.7. The summed E-state index contributed by atoms with van der Waals surface area (Å²) in [6, 6.07) is 6.52. The second-order valence-corrected chi connectivity index (χ2v) is 5.49. The quantitative estimate of drug-likeness (QED) is 0.794. The SMILES string of the molecule is O=C(Cn1[nH]c(=O)c2ccccc2c1=O)N1CCC(O)CC1. The Balaban J connectivity index is 1.88. The first-order valence-corrected chi connectivity index (χ1v) is 7.24. The molecule has 22 heavy (non-hydrogen) atoms. The lowest BCUT2D eigenvalue weighted by atomic mass is 10.1. The minimum atomic E-state index is -0.392. The van der Waals surface area contributed by atoms with Gasteiger partial charge in [0, 0.05) is 13.1 Å². The van der Waals surface area contributed by atoms with Crippen molar-refractivity contribution in [1.82, 2.24) is 14.7 Å². The molecule has 7 nitrogen and oxygen atoms in total. The number of carbonyl (C=O) groups is 1. The summed E-state index contributed by atoms with van der Waals surface area (Å²) < 4.78 is 1.05. The van der Waals surface area contributed by atoms with Gasteiger partial charge in [-0.3, -0.25) is 19.5 Å². The Hall–Kier alpha value is -2.41. The van der Waals surface area contributed by atoms with Crippen LogP contribution in [0.1, 0.15) is 12.8 Å². The van der Waals surface area contributed by atoms with Gasteiger partial charge in [-0.25, -0.2) is 4.68 Å². The molecule has 0 bridgehead atoms. The second-order valence-electron chi connectivity index (χ2n) is 5.49. The number of hydrogen-bond acceptors (Lipinski definition) is 4. The number of hydrogen-bond donors (Lipinski definition) is 2. The summed E-state index contributed by atoms with van der Waals surface area (Å²) in [5, 5.41) is 12.5. The number of benzene rings is 1. The molecular weight excluding hydrogens is 286 g/mol. The summed E-state index contributed by atoms with van der Waals surface area (Å²) in [7, 11) is 0. The number of amides is 1. The van der Waals surface area contributed by atoms with E-state index in [2.05, 4.69) is 5.10 Å². The second kappa shape index (κ2) is 5.76. The maximum Gasteiger partial charge on any atom is 0.273 e. The molecule has 3 rings (SSSR count). The van der Waals surface area contributed by atoms with Gasteiger partial charge in [-0.1, -0.05) is 12.1 Å². The monoisotopic (exact) mass is 303 g/mol. The van der Waals surface area contributed by atoms with Crippen molar-refractivity contribution in [2.24, 2.45) is 0 Å². The summed E-state index contributed by atoms with van der Waals surface area (Å²) in [5.74, 6) is -0.236. The molecule has 1 fully saturated rings. The van der Waals surface area contributed by atoms with Crippen LogP contribution in [0, 0.1) is 0 Å². The van der Waals surface area contributed by atoms with Crippen molar-refractivity contribution in [2.75, 3.05) is 13.1 Å². The van der Waals surface area contributed by atoms with E-state index >= 15 is 0 Å². The number of likely N-dealkylation sites (tertiary alicyclic amines) is 1. The van der Waals surface area contributed by atoms with Gasteiger partial charge in [0.1, 0.15) is 6.54 Å². The largest absolute Gasteiger partial charge is 0.393 e. The molecule has 1 aromatic carbocycles. The third-order valence-corrected chi connectivity index (χ3v) is 3.99. The molecule has 1 amide bonds. The number of nitrogens with zero attached hydrogens (tertiary/aromatic N) is 2. The number of aromatic amines is 1. The lowest BCUT2D eigenvalue weighted by molar-refractivity contribution is -0.134. The first-order chi connectivity index (χ1) is 10.6. The molecule has 2 aromatic rings. The zero-order valence-corrected chi connectivity index (χ0v) is 12.0.